The molecule has 2 aromatic rings. The van der Waals surface area contributed by atoms with Gasteiger partial charge in [0.05, 0.1) is 0 Å². The number of ether oxygens (including phenoxy) is 1. The van der Waals surface area contributed by atoms with Gasteiger partial charge in [-0.3, -0.25) is 10.1 Å². The summed E-state index contributed by atoms with van der Waals surface area (Å²) in [5.74, 6) is -0.0622. The number of carbonyl (C=O) groups is 1. The average molecular weight is 352 g/mol. The first-order valence-electron chi connectivity index (χ1n) is 8.24. The Morgan fingerprint density at radius 1 is 1.17 bits per heavy atom. The second-order valence-electron chi connectivity index (χ2n) is 6.33. The molecule has 0 bridgehead atoms. The first-order valence-corrected chi connectivity index (χ1v) is 9.06. The van der Waals surface area contributed by atoms with Gasteiger partial charge in [-0.1, -0.05) is 24.6 Å². The number of rotatable bonds is 2. The summed E-state index contributed by atoms with van der Waals surface area (Å²) >= 11 is 1.83. The Morgan fingerprint density at radius 2 is 1.96 bits per heavy atom. The van der Waals surface area contributed by atoms with Gasteiger partial charge >= 0.3 is 5.97 Å². The van der Waals surface area contributed by atoms with Crippen molar-refractivity contribution in [2.45, 2.75) is 57.2 Å². The second kappa shape index (κ2) is 7.20. The first kappa shape index (κ1) is 16.7. The molecule has 1 aromatic heterocycles. The molecule has 3 nitrogen and oxygen atoms in total. The zero-order valence-corrected chi connectivity index (χ0v) is 14.7. The fourth-order valence-electron chi connectivity index (χ4n) is 3.60. The summed E-state index contributed by atoms with van der Waals surface area (Å²) in [6.45, 7) is 0.777. The van der Waals surface area contributed by atoms with Crippen LogP contribution in [-0.2, 0) is 22.5 Å². The minimum Gasteiger partial charge on any atom is -0.461 e. The molecule has 124 valence electrons. The van der Waals surface area contributed by atoms with Crippen LogP contribution < -0.4 is 5.32 Å². The summed E-state index contributed by atoms with van der Waals surface area (Å²) in [4.78, 5) is 13.8. The van der Waals surface area contributed by atoms with Crippen LogP contribution in [0.2, 0.25) is 0 Å². The third-order valence-corrected chi connectivity index (χ3v) is 6.03. The van der Waals surface area contributed by atoms with Crippen LogP contribution in [0.15, 0.2) is 24.3 Å². The molecule has 1 saturated carbocycles. The average Bonchev–Trinajstić information content (AvgIpc) is 2.93. The summed E-state index contributed by atoms with van der Waals surface area (Å²) < 4.78 is 7.05. The van der Waals surface area contributed by atoms with Crippen molar-refractivity contribution in [1.29, 1.82) is 0 Å². The van der Waals surface area contributed by atoms with Gasteiger partial charge in [-0.25, -0.2) is 0 Å². The number of carbonyl (C=O) groups excluding carboxylic acids is 1. The number of hydrogen-bond donors (Lipinski definition) is 1. The molecule has 23 heavy (non-hydrogen) atoms. The van der Waals surface area contributed by atoms with Gasteiger partial charge in [0.15, 0.2) is 0 Å². The minimum absolute atomic E-state index is 0. The number of halogens is 1. The molecular weight excluding hydrogens is 330 g/mol. The summed E-state index contributed by atoms with van der Waals surface area (Å²) in [5, 5.41) is 4.67. The fraction of sp³-hybridized carbons (Fsp3) is 0.500. The Bertz CT molecular complexity index is 693. The highest BCUT2D eigenvalue weighted by Crippen LogP contribution is 2.34. The molecule has 4 rings (SSSR count). The normalized spacial score (nSPS) is 21.5. The van der Waals surface area contributed by atoms with E-state index in [9.17, 15) is 4.79 Å². The summed E-state index contributed by atoms with van der Waals surface area (Å²) in [6.07, 6.45) is 6.62. The molecule has 2 aliphatic rings. The van der Waals surface area contributed by atoms with E-state index in [4.69, 9.17) is 4.74 Å². The van der Waals surface area contributed by atoms with Gasteiger partial charge in [-0.15, -0.1) is 23.7 Å². The Balaban J connectivity index is 0.00000156. The van der Waals surface area contributed by atoms with Crippen LogP contribution >= 0.6 is 23.7 Å². The highest BCUT2D eigenvalue weighted by atomic mass is 35.5. The van der Waals surface area contributed by atoms with Gasteiger partial charge in [-0.05, 0) is 42.7 Å². The van der Waals surface area contributed by atoms with Crippen molar-refractivity contribution >= 4 is 39.8 Å². The highest BCUT2D eigenvalue weighted by Gasteiger charge is 2.30. The van der Waals surface area contributed by atoms with Crippen molar-refractivity contribution < 1.29 is 9.53 Å². The van der Waals surface area contributed by atoms with E-state index >= 15 is 0 Å². The smallest absolute Gasteiger partial charge is 0.323 e. The number of nitrogens with one attached hydrogen (secondary N) is 1. The van der Waals surface area contributed by atoms with Crippen LogP contribution in [-0.4, -0.2) is 18.1 Å². The lowest BCUT2D eigenvalue weighted by Gasteiger charge is -2.27. The van der Waals surface area contributed by atoms with E-state index in [1.165, 1.54) is 39.8 Å². The molecule has 0 radical (unpaired) electrons. The molecule has 1 aromatic carbocycles. The molecular formula is C18H22ClNO2S. The molecule has 1 N–H and O–H groups in total. The largest absolute Gasteiger partial charge is 0.461 e. The molecule has 0 spiro atoms. The third-order valence-electron chi connectivity index (χ3n) is 4.82. The fourth-order valence-corrected chi connectivity index (χ4v) is 4.79. The first-order chi connectivity index (χ1) is 10.8. The second-order valence-corrected chi connectivity index (χ2v) is 7.47. The molecule has 1 aliphatic heterocycles. The van der Waals surface area contributed by atoms with Crippen LogP contribution in [0.3, 0.4) is 0 Å². The van der Waals surface area contributed by atoms with E-state index in [0.717, 1.165) is 25.8 Å². The number of fused-ring (bicyclic) bond motifs is 3. The SMILES string of the molecule is Cl.O=C(OC1CCCCC1)[C@H]1Cc2c(sc3ccccc23)CN1. The summed E-state index contributed by atoms with van der Waals surface area (Å²) in [5.41, 5.74) is 1.34. The van der Waals surface area contributed by atoms with Crippen LogP contribution in [0.1, 0.15) is 42.5 Å². The Morgan fingerprint density at radius 3 is 2.78 bits per heavy atom. The lowest BCUT2D eigenvalue weighted by Crippen LogP contribution is -2.43. The molecule has 0 amide bonds. The van der Waals surface area contributed by atoms with Crippen LogP contribution in [0.5, 0.6) is 0 Å². The van der Waals surface area contributed by atoms with E-state index < -0.39 is 0 Å². The van der Waals surface area contributed by atoms with E-state index in [0.29, 0.717) is 0 Å². The van der Waals surface area contributed by atoms with E-state index in [1.54, 1.807) is 0 Å². The van der Waals surface area contributed by atoms with Crippen molar-refractivity contribution in [2.75, 3.05) is 0 Å². The van der Waals surface area contributed by atoms with Gasteiger partial charge in [-0.2, -0.15) is 0 Å². The van der Waals surface area contributed by atoms with Gasteiger partial charge in [0.2, 0.25) is 0 Å². The molecule has 0 unspecified atom stereocenters. The third kappa shape index (κ3) is 3.39. The van der Waals surface area contributed by atoms with Crippen molar-refractivity contribution in [3.8, 4) is 0 Å². The van der Waals surface area contributed by atoms with E-state index in [-0.39, 0.29) is 30.5 Å². The topological polar surface area (TPSA) is 38.3 Å². The van der Waals surface area contributed by atoms with Crippen molar-refractivity contribution in [3.63, 3.8) is 0 Å². The van der Waals surface area contributed by atoms with E-state index in [1.807, 2.05) is 11.3 Å². The molecule has 1 fully saturated rings. The highest BCUT2D eigenvalue weighted by molar-refractivity contribution is 7.19. The van der Waals surface area contributed by atoms with Gasteiger partial charge in [0.1, 0.15) is 12.1 Å². The summed E-state index contributed by atoms with van der Waals surface area (Å²) in [7, 11) is 0. The molecule has 1 atom stereocenters. The van der Waals surface area contributed by atoms with E-state index in [2.05, 4.69) is 29.6 Å². The lowest BCUT2D eigenvalue weighted by atomic mass is 9.97. The van der Waals surface area contributed by atoms with Gasteiger partial charge in [0.25, 0.3) is 0 Å². The van der Waals surface area contributed by atoms with Crippen molar-refractivity contribution in [1.82, 2.24) is 5.32 Å². The minimum atomic E-state index is -0.188. The van der Waals surface area contributed by atoms with Crippen LogP contribution in [0, 0.1) is 0 Å². The van der Waals surface area contributed by atoms with Crippen LogP contribution in [0.4, 0.5) is 0 Å². The van der Waals surface area contributed by atoms with Crippen molar-refractivity contribution in [2.24, 2.45) is 0 Å². The summed E-state index contributed by atoms with van der Waals surface area (Å²) in [6, 6.07) is 8.29. The maximum Gasteiger partial charge on any atom is 0.323 e. The molecule has 0 saturated heterocycles. The quantitative estimate of drug-likeness (QED) is 0.823. The predicted molar refractivity (Wildman–Crippen MR) is 96.4 cm³/mol. The standard InChI is InChI=1S/C18H21NO2S.ClH/c20-18(21-12-6-2-1-3-7-12)15-10-14-13-8-4-5-9-16(13)22-17(14)11-19-15;/h4-5,8-9,12,15,19H,1-3,6-7,10-11H2;1H/t15-;/m1./s1. The Labute approximate surface area is 146 Å². The zero-order valence-electron chi connectivity index (χ0n) is 13.0. The molecule has 2 heterocycles. The maximum absolute atomic E-state index is 12.5. The molecule has 5 heteroatoms. The Hall–Kier alpha value is -1.10. The Kier molecular flexibility index (Phi) is 5.24. The predicted octanol–water partition coefficient (Wildman–Crippen LogP) is 4.21. The maximum atomic E-state index is 12.5. The zero-order chi connectivity index (χ0) is 14.9. The number of esters is 1. The monoisotopic (exact) mass is 351 g/mol. The van der Waals surface area contributed by atoms with Crippen molar-refractivity contribution in [3.05, 3.63) is 34.7 Å². The van der Waals surface area contributed by atoms with Gasteiger partial charge in [0, 0.05) is 22.5 Å². The number of thiophene rings is 1. The lowest BCUT2D eigenvalue weighted by molar-refractivity contribution is -0.153. The molecule has 1 aliphatic carbocycles. The number of hydrogen-bond acceptors (Lipinski definition) is 4. The number of benzene rings is 1. The van der Waals surface area contributed by atoms with Crippen LogP contribution in [0.25, 0.3) is 10.1 Å². The van der Waals surface area contributed by atoms with Gasteiger partial charge < -0.3 is 4.74 Å².